The summed E-state index contributed by atoms with van der Waals surface area (Å²) in [4.78, 5) is 6.76. The van der Waals surface area contributed by atoms with Crippen LogP contribution in [0, 0.1) is 6.92 Å². The molecule has 0 amide bonds. The van der Waals surface area contributed by atoms with Crippen molar-refractivity contribution in [3.8, 4) is 11.5 Å². The predicted octanol–water partition coefficient (Wildman–Crippen LogP) is 2.51. The number of ether oxygens (including phenoxy) is 2. The van der Waals surface area contributed by atoms with Crippen LogP contribution in [-0.2, 0) is 5.60 Å². The van der Waals surface area contributed by atoms with Crippen molar-refractivity contribution in [3.05, 3.63) is 53.9 Å². The molecule has 1 N–H and O–H groups in total. The first-order valence-electron chi connectivity index (χ1n) is 8.89. The first kappa shape index (κ1) is 16.4. The Morgan fingerprint density at radius 1 is 1.16 bits per heavy atom. The van der Waals surface area contributed by atoms with Crippen molar-refractivity contribution in [2.24, 2.45) is 0 Å². The second-order valence-electron chi connectivity index (χ2n) is 7.05. The van der Waals surface area contributed by atoms with Crippen molar-refractivity contribution >= 4 is 0 Å². The molecule has 4 rings (SSSR count). The lowest BCUT2D eigenvalue weighted by molar-refractivity contribution is -0.0401. The molecule has 2 aliphatic heterocycles. The highest BCUT2D eigenvalue weighted by atomic mass is 16.6. The Morgan fingerprint density at radius 2 is 1.92 bits per heavy atom. The third kappa shape index (κ3) is 3.48. The van der Waals surface area contributed by atoms with E-state index in [2.05, 4.69) is 9.88 Å². The standard InChI is InChI=1S/C20H24N2O3/c1-15-6-7-19(21-12-15)20(23)8-10-22(11-9-20)13-16-14-24-17-4-2-3-5-18(17)25-16/h2-7,12,16,23H,8-11,13-14H2,1H3. The van der Waals surface area contributed by atoms with E-state index in [0.29, 0.717) is 19.4 Å². The molecule has 0 aliphatic carbocycles. The van der Waals surface area contributed by atoms with Crippen LogP contribution in [0.15, 0.2) is 42.6 Å². The van der Waals surface area contributed by atoms with Crippen molar-refractivity contribution in [1.29, 1.82) is 0 Å². The summed E-state index contributed by atoms with van der Waals surface area (Å²) in [5.74, 6) is 1.63. The van der Waals surface area contributed by atoms with E-state index in [4.69, 9.17) is 9.47 Å². The van der Waals surface area contributed by atoms with Crippen LogP contribution < -0.4 is 9.47 Å². The van der Waals surface area contributed by atoms with Gasteiger partial charge in [-0.15, -0.1) is 0 Å². The first-order valence-corrected chi connectivity index (χ1v) is 8.89. The topological polar surface area (TPSA) is 54.8 Å². The van der Waals surface area contributed by atoms with Crippen molar-refractivity contribution in [1.82, 2.24) is 9.88 Å². The van der Waals surface area contributed by atoms with Gasteiger partial charge in [0, 0.05) is 25.8 Å². The van der Waals surface area contributed by atoms with Gasteiger partial charge in [0.2, 0.25) is 0 Å². The molecule has 1 atom stereocenters. The van der Waals surface area contributed by atoms with E-state index in [1.807, 2.05) is 49.5 Å². The third-order valence-corrected chi connectivity index (χ3v) is 5.10. The van der Waals surface area contributed by atoms with Gasteiger partial charge in [-0.25, -0.2) is 0 Å². The summed E-state index contributed by atoms with van der Waals surface area (Å²) in [5, 5.41) is 10.9. The van der Waals surface area contributed by atoms with Crippen LogP contribution in [0.2, 0.25) is 0 Å². The van der Waals surface area contributed by atoms with E-state index in [1.54, 1.807) is 0 Å². The van der Waals surface area contributed by atoms with Gasteiger partial charge >= 0.3 is 0 Å². The minimum absolute atomic E-state index is 0.0265. The molecule has 5 heteroatoms. The SMILES string of the molecule is Cc1ccc(C2(O)CCN(CC3COc4ccccc4O3)CC2)nc1. The van der Waals surface area contributed by atoms with Crippen molar-refractivity contribution in [2.75, 3.05) is 26.2 Å². The molecule has 1 aromatic carbocycles. The molecule has 3 heterocycles. The highest BCUT2D eigenvalue weighted by Gasteiger charge is 2.36. The zero-order valence-corrected chi connectivity index (χ0v) is 14.5. The fourth-order valence-corrected chi connectivity index (χ4v) is 3.55. The number of rotatable bonds is 3. The van der Waals surface area contributed by atoms with Crippen LogP contribution >= 0.6 is 0 Å². The number of pyridine rings is 1. The predicted molar refractivity (Wildman–Crippen MR) is 94.9 cm³/mol. The number of aryl methyl sites for hydroxylation is 1. The van der Waals surface area contributed by atoms with Crippen LogP contribution in [0.1, 0.15) is 24.1 Å². The fraction of sp³-hybridized carbons (Fsp3) is 0.450. The van der Waals surface area contributed by atoms with E-state index in [9.17, 15) is 5.11 Å². The smallest absolute Gasteiger partial charge is 0.161 e. The largest absolute Gasteiger partial charge is 0.486 e. The molecular formula is C20H24N2O3. The van der Waals surface area contributed by atoms with Gasteiger partial charge in [0.25, 0.3) is 0 Å². The van der Waals surface area contributed by atoms with Crippen LogP contribution in [0.3, 0.4) is 0 Å². The molecule has 0 radical (unpaired) electrons. The summed E-state index contributed by atoms with van der Waals surface area (Å²) in [6, 6.07) is 11.7. The molecule has 132 valence electrons. The average molecular weight is 340 g/mol. The molecule has 1 unspecified atom stereocenters. The molecule has 25 heavy (non-hydrogen) atoms. The van der Waals surface area contributed by atoms with Gasteiger partial charge in [-0.05, 0) is 43.5 Å². The third-order valence-electron chi connectivity index (χ3n) is 5.10. The molecule has 2 aromatic rings. The van der Waals surface area contributed by atoms with E-state index >= 15 is 0 Å². The van der Waals surface area contributed by atoms with E-state index in [0.717, 1.165) is 42.4 Å². The van der Waals surface area contributed by atoms with Gasteiger partial charge in [0.1, 0.15) is 18.3 Å². The monoisotopic (exact) mass is 340 g/mol. The van der Waals surface area contributed by atoms with Crippen molar-refractivity contribution in [3.63, 3.8) is 0 Å². The Kier molecular flexibility index (Phi) is 4.36. The second kappa shape index (κ2) is 6.65. The molecule has 0 spiro atoms. The average Bonchev–Trinajstić information content (AvgIpc) is 2.64. The summed E-state index contributed by atoms with van der Waals surface area (Å²) >= 11 is 0. The van der Waals surface area contributed by atoms with E-state index < -0.39 is 5.60 Å². The lowest BCUT2D eigenvalue weighted by Gasteiger charge is -2.39. The van der Waals surface area contributed by atoms with Gasteiger partial charge < -0.3 is 14.6 Å². The highest BCUT2D eigenvalue weighted by molar-refractivity contribution is 5.40. The summed E-state index contributed by atoms with van der Waals surface area (Å²) in [6.07, 6.45) is 3.23. The van der Waals surface area contributed by atoms with Crippen molar-refractivity contribution in [2.45, 2.75) is 31.5 Å². The maximum Gasteiger partial charge on any atom is 0.161 e. The molecule has 1 fully saturated rings. The Hall–Kier alpha value is -2.11. The quantitative estimate of drug-likeness (QED) is 0.930. The van der Waals surface area contributed by atoms with Gasteiger partial charge in [-0.1, -0.05) is 18.2 Å². The zero-order chi connectivity index (χ0) is 17.3. The number of aliphatic hydroxyl groups is 1. The number of benzene rings is 1. The van der Waals surface area contributed by atoms with E-state index in [-0.39, 0.29) is 6.10 Å². The number of fused-ring (bicyclic) bond motifs is 1. The molecule has 0 bridgehead atoms. The zero-order valence-electron chi connectivity index (χ0n) is 14.5. The molecule has 1 saturated heterocycles. The molecule has 5 nitrogen and oxygen atoms in total. The lowest BCUT2D eigenvalue weighted by atomic mass is 9.87. The number of piperidine rings is 1. The maximum absolute atomic E-state index is 10.9. The summed E-state index contributed by atoms with van der Waals surface area (Å²) in [5.41, 5.74) is 1.07. The number of likely N-dealkylation sites (tertiary alicyclic amines) is 1. The van der Waals surface area contributed by atoms with Gasteiger partial charge in [-0.3, -0.25) is 9.88 Å². The number of hydrogen-bond acceptors (Lipinski definition) is 5. The summed E-state index contributed by atoms with van der Waals surface area (Å²) in [6.45, 7) is 5.04. The number of nitrogens with zero attached hydrogens (tertiary/aromatic N) is 2. The van der Waals surface area contributed by atoms with Gasteiger partial charge in [0.05, 0.1) is 5.69 Å². The first-order chi connectivity index (χ1) is 12.1. The Morgan fingerprint density at radius 3 is 2.64 bits per heavy atom. The molecule has 2 aliphatic rings. The fourth-order valence-electron chi connectivity index (χ4n) is 3.55. The normalized spacial score (nSPS) is 22.6. The highest BCUT2D eigenvalue weighted by Crippen LogP contribution is 2.33. The van der Waals surface area contributed by atoms with Gasteiger partial charge in [0.15, 0.2) is 11.5 Å². The van der Waals surface area contributed by atoms with Crippen LogP contribution in [-0.4, -0.2) is 47.3 Å². The Balaban J connectivity index is 1.34. The lowest BCUT2D eigenvalue weighted by Crippen LogP contribution is -2.48. The Bertz CT molecular complexity index is 724. The van der Waals surface area contributed by atoms with Crippen LogP contribution in [0.4, 0.5) is 0 Å². The van der Waals surface area contributed by atoms with Crippen molar-refractivity contribution < 1.29 is 14.6 Å². The number of hydrogen-bond donors (Lipinski definition) is 1. The van der Waals surface area contributed by atoms with E-state index in [1.165, 1.54) is 0 Å². The summed E-state index contributed by atoms with van der Waals surface area (Å²) in [7, 11) is 0. The maximum atomic E-state index is 10.9. The number of aromatic nitrogens is 1. The van der Waals surface area contributed by atoms with Crippen LogP contribution in [0.5, 0.6) is 11.5 Å². The number of para-hydroxylation sites is 2. The molecular weight excluding hydrogens is 316 g/mol. The van der Waals surface area contributed by atoms with Gasteiger partial charge in [-0.2, -0.15) is 0 Å². The van der Waals surface area contributed by atoms with Crippen LogP contribution in [0.25, 0.3) is 0 Å². The summed E-state index contributed by atoms with van der Waals surface area (Å²) < 4.78 is 11.8. The Labute approximate surface area is 148 Å². The minimum atomic E-state index is -0.819. The second-order valence-corrected chi connectivity index (χ2v) is 7.05. The minimum Gasteiger partial charge on any atom is -0.486 e. The molecule has 1 aromatic heterocycles. The molecule has 0 saturated carbocycles.